The van der Waals surface area contributed by atoms with Crippen LogP contribution in [0.1, 0.15) is 24.2 Å². The third-order valence-corrected chi connectivity index (χ3v) is 4.45. The quantitative estimate of drug-likeness (QED) is 0.433. The molecule has 0 radical (unpaired) electrons. The monoisotopic (exact) mass is 415 g/mol. The number of carboxylic acid groups (broad SMARTS) is 2. The number of nitro benzene ring substituents is 1. The minimum atomic E-state index is -1.40. The Hall–Kier alpha value is -1.38. The van der Waals surface area contributed by atoms with Gasteiger partial charge in [-0.25, -0.2) is 4.79 Å². The van der Waals surface area contributed by atoms with Crippen LogP contribution in [0.3, 0.4) is 0 Å². The number of carbonyl (C=O) groups is 2. The summed E-state index contributed by atoms with van der Waals surface area (Å²) in [7, 11) is 0. The minimum absolute atomic E-state index is 0.131. The SMILES string of the molecule is CC(C)C(Br)C(=O)O.O=C(O)c1c(Cl)ccc([N+](=O)[O-])c1Cl. The van der Waals surface area contributed by atoms with E-state index in [1.54, 1.807) is 0 Å². The van der Waals surface area contributed by atoms with E-state index >= 15 is 0 Å². The summed E-state index contributed by atoms with van der Waals surface area (Å²) in [5, 5.41) is 26.8. The Kier molecular flexibility index (Phi) is 8.36. The van der Waals surface area contributed by atoms with Gasteiger partial charge in [0, 0.05) is 6.07 Å². The molecule has 1 unspecified atom stereocenters. The largest absolute Gasteiger partial charge is 0.480 e. The molecule has 1 atom stereocenters. The molecule has 0 bridgehead atoms. The highest BCUT2D eigenvalue weighted by Crippen LogP contribution is 2.32. The molecular formula is C12H12BrCl2NO6. The first-order valence-electron chi connectivity index (χ1n) is 5.73. The maximum atomic E-state index is 10.6. The molecule has 0 fully saturated rings. The average Bonchev–Trinajstić information content (AvgIpc) is 2.37. The van der Waals surface area contributed by atoms with E-state index in [2.05, 4.69) is 15.9 Å². The van der Waals surface area contributed by atoms with Crippen LogP contribution in [0.4, 0.5) is 5.69 Å². The van der Waals surface area contributed by atoms with E-state index in [-0.39, 0.29) is 10.9 Å². The predicted molar refractivity (Wildman–Crippen MR) is 85.3 cm³/mol. The van der Waals surface area contributed by atoms with Gasteiger partial charge in [0.25, 0.3) is 5.69 Å². The lowest BCUT2D eigenvalue weighted by Crippen LogP contribution is -2.18. The summed E-state index contributed by atoms with van der Waals surface area (Å²) in [6.45, 7) is 3.71. The van der Waals surface area contributed by atoms with Gasteiger partial charge < -0.3 is 10.2 Å². The molecule has 2 N–H and O–H groups in total. The first-order valence-corrected chi connectivity index (χ1v) is 7.40. The van der Waals surface area contributed by atoms with Crippen LogP contribution in [-0.2, 0) is 4.79 Å². The topological polar surface area (TPSA) is 118 Å². The summed E-state index contributed by atoms with van der Waals surface area (Å²) in [5.41, 5.74) is -0.934. The second-order valence-electron chi connectivity index (χ2n) is 4.30. The van der Waals surface area contributed by atoms with Crippen molar-refractivity contribution in [1.82, 2.24) is 0 Å². The van der Waals surface area contributed by atoms with Crippen LogP contribution >= 0.6 is 39.1 Å². The Balaban J connectivity index is 0.000000472. The van der Waals surface area contributed by atoms with E-state index in [1.807, 2.05) is 13.8 Å². The van der Waals surface area contributed by atoms with Gasteiger partial charge in [-0.3, -0.25) is 14.9 Å². The van der Waals surface area contributed by atoms with Crippen LogP contribution in [0.25, 0.3) is 0 Å². The van der Waals surface area contributed by atoms with Gasteiger partial charge in [-0.2, -0.15) is 0 Å². The molecule has 1 rings (SSSR count). The van der Waals surface area contributed by atoms with E-state index in [1.165, 1.54) is 0 Å². The van der Waals surface area contributed by atoms with Gasteiger partial charge in [0.05, 0.1) is 9.95 Å². The highest BCUT2D eigenvalue weighted by atomic mass is 79.9. The van der Waals surface area contributed by atoms with Crippen molar-refractivity contribution < 1.29 is 24.7 Å². The lowest BCUT2D eigenvalue weighted by Gasteiger charge is -2.05. The molecule has 0 spiro atoms. The molecule has 1 aromatic rings. The molecule has 1 aromatic carbocycles. The zero-order valence-corrected chi connectivity index (χ0v) is 14.5. The zero-order chi connectivity index (χ0) is 17.6. The Morgan fingerprint density at radius 2 is 1.77 bits per heavy atom. The van der Waals surface area contributed by atoms with Crippen LogP contribution in [0.5, 0.6) is 0 Å². The van der Waals surface area contributed by atoms with Crippen LogP contribution in [0.2, 0.25) is 10.0 Å². The van der Waals surface area contributed by atoms with Crippen LogP contribution < -0.4 is 0 Å². The number of rotatable bonds is 4. The van der Waals surface area contributed by atoms with E-state index in [0.29, 0.717) is 0 Å². The van der Waals surface area contributed by atoms with Crippen molar-refractivity contribution in [3.05, 3.63) is 37.9 Å². The molecule has 0 saturated carbocycles. The Morgan fingerprint density at radius 3 is 2.05 bits per heavy atom. The van der Waals surface area contributed by atoms with Gasteiger partial charge in [0.2, 0.25) is 0 Å². The number of halogens is 3. The maximum absolute atomic E-state index is 10.6. The molecule has 0 amide bonds. The number of benzene rings is 1. The predicted octanol–water partition coefficient (Wildman–Crippen LogP) is 4.09. The van der Waals surface area contributed by atoms with Gasteiger partial charge in [-0.1, -0.05) is 53.0 Å². The van der Waals surface area contributed by atoms with Gasteiger partial charge >= 0.3 is 11.9 Å². The number of nitro groups is 1. The fourth-order valence-electron chi connectivity index (χ4n) is 1.16. The fraction of sp³-hybridized carbons (Fsp3) is 0.333. The number of hydrogen-bond acceptors (Lipinski definition) is 4. The standard InChI is InChI=1S/C7H3Cl2NO4.C5H9BrO2/c8-3-1-2-4(10(13)14)6(9)5(3)7(11)12;1-3(2)4(6)5(7)8/h1-2H,(H,11,12);3-4H,1-2H3,(H,7,8). The van der Waals surface area contributed by atoms with Crippen molar-refractivity contribution in [1.29, 1.82) is 0 Å². The third kappa shape index (κ3) is 5.78. The number of alkyl halides is 1. The Bertz CT molecular complexity index is 593. The molecule has 0 saturated heterocycles. The Morgan fingerprint density at radius 1 is 1.27 bits per heavy atom. The summed E-state index contributed by atoms with van der Waals surface area (Å²) in [5.74, 6) is -2.03. The number of hydrogen-bond donors (Lipinski definition) is 2. The zero-order valence-electron chi connectivity index (χ0n) is 11.4. The second-order valence-corrected chi connectivity index (χ2v) is 6.07. The number of nitrogens with zero attached hydrogens (tertiary/aromatic N) is 1. The van der Waals surface area contributed by atoms with Crippen molar-refractivity contribution in [3.63, 3.8) is 0 Å². The maximum Gasteiger partial charge on any atom is 0.339 e. The highest BCUT2D eigenvalue weighted by Gasteiger charge is 2.22. The smallest absolute Gasteiger partial charge is 0.339 e. The van der Waals surface area contributed by atoms with Gasteiger partial charge in [-0.05, 0) is 12.0 Å². The summed E-state index contributed by atoms with van der Waals surface area (Å²) >= 11 is 14.0. The minimum Gasteiger partial charge on any atom is -0.480 e. The molecule has 122 valence electrons. The molecule has 22 heavy (non-hydrogen) atoms. The number of aliphatic carboxylic acids is 1. The first-order chi connectivity index (χ1) is 10.0. The van der Waals surface area contributed by atoms with Crippen molar-refractivity contribution in [2.75, 3.05) is 0 Å². The van der Waals surface area contributed by atoms with Gasteiger partial charge in [0.15, 0.2) is 0 Å². The van der Waals surface area contributed by atoms with E-state index in [4.69, 9.17) is 33.4 Å². The van der Waals surface area contributed by atoms with E-state index in [0.717, 1.165) is 12.1 Å². The first kappa shape index (κ1) is 20.6. The van der Waals surface area contributed by atoms with Crippen molar-refractivity contribution in [2.24, 2.45) is 5.92 Å². The van der Waals surface area contributed by atoms with Crippen LogP contribution in [0, 0.1) is 16.0 Å². The van der Waals surface area contributed by atoms with Crippen LogP contribution in [-0.4, -0.2) is 31.9 Å². The summed E-state index contributed by atoms with van der Waals surface area (Å²) in [6.07, 6.45) is 0. The second kappa shape index (κ2) is 8.92. The average molecular weight is 417 g/mol. The molecule has 10 heteroatoms. The molecular weight excluding hydrogens is 405 g/mol. The van der Waals surface area contributed by atoms with Crippen molar-refractivity contribution in [3.8, 4) is 0 Å². The van der Waals surface area contributed by atoms with Crippen molar-refractivity contribution in [2.45, 2.75) is 18.7 Å². The molecule has 7 nitrogen and oxygen atoms in total. The lowest BCUT2D eigenvalue weighted by molar-refractivity contribution is -0.384. The molecule has 0 aliphatic carbocycles. The van der Waals surface area contributed by atoms with E-state index in [9.17, 15) is 19.7 Å². The summed E-state index contributed by atoms with van der Waals surface area (Å²) in [4.78, 5) is 29.9. The molecule has 0 aromatic heterocycles. The molecule has 0 aliphatic rings. The summed E-state index contributed by atoms with van der Waals surface area (Å²) < 4.78 is 0. The third-order valence-electron chi connectivity index (χ3n) is 2.30. The Labute approximate surface area is 144 Å². The number of carboxylic acids is 2. The highest BCUT2D eigenvalue weighted by molar-refractivity contribution is 9.10. The van der Waals surface area contributed by atoms with Crippen LogP contribution in [0.15, 0.2) is 12.1 Å². The number of aromatic carboxylic acids is 1. The van der Waals surface area contributed by atoms with Gasteiger partial charge in [0.1, 0.15) is 15.4 Å². The van der Waals surface area contributed by atoms with E-state index < -0.39 is 38.0 Å². The molecule has 0 heterocycles. The van der Waals surface area contributed by atoms with Crippen molar-refractivity contribution >= 4 is 56.8 Å². The van der Waals surface area contributed by atoms with Gasteiger partial charge in [-0.15, -0.1) is 0 Å². The molecule has 0 aliphatic heterocycles. The summed E-state index contributed by atoms with van der Waals surface area (Å²) in [6, 6.07) is 2.17. The fourth-order valence-corrected chi connectivity index (χ4v) is 1.77. The lowest BCUT2D eigenvalue weighted by atomic mass is 10.1. The normalized spacial score (nSPS) is 11.4.